The van der Waals surface area contributed by atoms with Gasteiger partial charge in [-0.05, 0) is 53.2 Å². The topological polar surface area (TPSA) is 88.9 Å². The molecule has 7 nitrogen and oxygen atoms in total. The van der Waals surface area contributed by atoms with Gasteiger partial charge in [-0.1, -0.05) is 6.07 Å². The summed E-state index contributed by atoms with van der Waals surface area (Å²) in [7, 11) is 1.77. The molecule has 3 aromatic rings. The fourth-order valence-electron chi connectivity index (χ4n) is 2.30. The van der Waals surface area contributed by atoms with Crippen LogP contribution in [-0.2, 0) is 7.05 Å². The molecule has 3 rings (SSSR count). The van der Waals surface area contributed by atoms with E-state index in [9.17, 15) is 9.59 Å². The van der Waals surface area contributed by atoms with Crippen LogP contribution in [0.2, 0.25) is 0 Å². The maximum atomic E-state index is 12.4. The highest BCUT2D eigenvalue weighted by molar-refractivity contribution is 9.10. The molecule has 2 heterocycles. The Kier molecular flexibility index (Phi) is 5.13. The maximum absolute atomic E-state index is 12.4. The molecule has 2 aromatic heterocycles. The van der Waals surface area contributed by atoms with Gasteiger partial charge in [0, 0.05) is 34.7 Å². The van der Waals surface area contributed by atoms with Crippen LogP contribution in [-0.4, -0.2) is 26.6 Å². The molecule has 8 heteroatoms. The first-order valence-corrected chi connectivity index (χ1v) is 8.56. The molecule has 1 aromatic carbocycles. The zero-order valence-corrected chi connectivity index (χ0v) is 15.7. The second-order valence-corrected chi connectivity index (χ2v) is 6.53. The standard InChI is InChI=1S/C18H16BrN5O2/c1-11-15(10-21-24(11)2)18(26)22-14-5-3-4-12(8-14)17(25)23-16-7-6-13(19)9-20-16/h3-10H,1-2H3,(H,22,26)(H,20,23,25). The fraction of sp³-hybridized carbons (Fsp3) is 0.111. The third-order valence-electron chi connectivity index (χ3n) is 3.83. The van der Waals surface area contributed by atoms with E-state index in [1.807, 2.05) is 6.92 Å². The second-order valence-electron chi connectivity index (χ2n) is 5.62. The van der Waals surface area contributed by atoms with Crippen LogP contribution >= 0.6 is 15.9 Å². The van der Waals surface area contributed by atoms with Gasteiger partial charge < -0.3 is 10.6 Å². The van der Waals surface area contributed by atoms with E-state index in [-0.39, 0.29) is 11.8 Å². The Balaban J connectivity index is 1.73. The Labute approximate surface area is 158 Å². The molecule has 0 bridgehead atoms. The summed E-state index contributed by atoms with van der Waals surface area (Å²) in [5, 5.41) is 9.56. The molecule has 26 heavy (non-hydrogen) atoms. The largest absolute Gasteiger partial charge is 0.322 e. The lowest BCUT2D eigenvalue weighted by Gasteiger charge is -2.08. The molecule has 0 radical (unpaired) electrons. The highest BCUT2D eigenvalue weighted by atomic mass is 79.9. The van der Waals surface area contributed by atoms with Gasteiger partial charge >= 0.3 is 0 Å². The Morgan fingerprint density at radius 1 is 1.08 bits per heavy atom. The number of pyridine rings is 1. The lowest BCUT2D eigenvalue weighted by atomic mass is 10.1. The highest BCUT2D eigenvalue weighted by Crippen LogP contribution is 2.16. The molecule has 0 aliphatic heterocycles. The minimum absolute atomic E-state index is 0.275. The van der Waals surface area contributed by atoms with E-state index >= 15 is 0 Å². The van der Waals surface area contributed by atoms with Crippen molar-refractivity contribution in [1.82, 2.24) is 14.8 Å². The molecule has 0 fully saturated rings. The van der Waals surface area contributed by atoms with E-state index in [4.69, 9.17) is 0 Å². The predicted molar refractivity (Wildman–Crippen MR) is 102 cm³/mol. The van der Waals surface area contributed by atoms with Gasteiger partial charge in [0.15, 0.2) is 0 Å². The summed E-state index contributed by atoms with van der Waals surface area (Å²) in [5.74, 6) is -0.144. The van der Waals surface area contributed by atoms with Crippen LogP contribution < -0.4 is 10.6 Å². The Morgan fingerprint density at radius 3 is 2.54 bits per heavy atom. The van der Waals surface area contributed by atoms with E-state index in [1.165, 1.54) is 6.20 Å². The molecule has 2 N–H and O–H groups in total. The predicted octanol–water partition coefficient (Wildman–Crippen LogP) is 3.39. The molecule has 0 saturated heterocycles. The lowest BCUT2D eigenvalue weighted by molar-refractivity contribution is 0.101. The van der Waals surface area contributed by atoms with Crippen molar-refractivity contribution >= 4 is 39.2 Å². The number of carbonyl (C=O) groups excluding carboxylic acids is 2. The van der Waals surface area contributed by atoms with Crippen molar-refractivity contribution in [2.75, 3.05) is 10.6 Å². The van der Waals surface area contributed by atoms with Gasteiger partial charge in [-0.2, -0.15) is 5.10 Å². The number of carbonyl (C=O) groups is 2. The summed E-state index contributed by atoms with van der Waals surface area (Å²) in [5.41, 5.74) is 2.18. The van der Waals surface area contributed by atoms with E-state index in [1.54, 1.807) is 54.3 Å². The SMILES string of the molecule is Cc1c(C(=O)Nc2cccc(C(=O)Nc3ccc(Br)cn3)c2)cnn1C. The third-order valence-corrected chi connectivity index (χ3v) is 4.30. The summed E-state index contributed by atoms with van der Waals surface area (Å²) in [4.78, 5) is 28.9. The van der Waals surface area contributed by atoms with Crippen molar-refractivity contribution in [3.8, 4) is 0 Å². The number of nitrogens with one attached hydrogen (secondary N) is 2. The number of nitrogens with zero attached hydrogens (tertiary/aromatic N) is 3. The average molecular weight is 414 g/mol. The van der Waals surface area contributed by atoms with Crippen LogP contribution in [0.4, 0.5) is 11.5 Å². The van der Waals surface area contributed by atoms with Crippen molar-refractivity contribution in [1.29, 1.82) is 0 Å². The molecule has 0 saturated carbocycles. The van der Waals surface area contributed by atoms with Gasteiger partial charge in [-0.15, -0.1) is 0 Å². The van der Waals surface area contributed by atoms with Gasteiger partial charge in [0.25, 0.3) is 11.8 Å². The van der Waals surface area contributed by atoms with Crippen LogP contribution in [0, 0.1) is 6.92 Å². The van der Waals surface area contributed by atoms with Gasteiger partial charge in [0.05, 0.1) is 11.8 Å². The number of benzene rings is 1. The number of anilines is 2. The van der Waals surface area contributed by atoms with Crippen molar-refractivity contribution in [3.63, 3.8) is 0 Å². The van der Waals surface area contributed by atoms with Crippen LogP contribution in [0.3, 0.4) is 0 Å². The summed E-state index contributed by atoms with van der Waals surface area (Å²) in [6, 6.07) is 10.2. The molecule has 0 unspecified atom stereocenters. The third kappa shape index (κ3) is 3.97. The number of halogens is 1. The number of hydrogen-bond acceptors (Lipinski definition) is 4. The first kappa shape index (κ1) is 17.8. The molecule has 0 aliphatic carbocycles. The smallest absolute Gasteiger partial charge is 0.259 e. The quantitative estimate of drug-likeness (QED) is 0.685. The zero-order chi connectivity index (χ0) is 18.7. The first-order valence-electron chi connectivity index (χ1n) is 7.77. The van der Waals surface area contributed by atoms with Gasteiger partial charge in [0.2, 0.25) is 0 Å². The first-order chi connectivity index (χ1) is 12.4. The minimum atomic E-state index is -0.312. The number of amides is 2. The van der Waals surface area contributed by atoms with Crippen LogP contribution in [0.1, 0.15) is 26.4 Å². The second kappa shape index (κ2) is 7.49. The maximum Gasteiger partial charge on any atom is 0.259 e. The summed E-state index contributed by atoms with van der Waals surface area (Å²) >= 11 is 3.29. The van der Waals surface area contributed by atoms with Crippen LogP contribution in [0.25, 0.3) is 0 Å². The van der Waals surface area contributed by atoms with E-state index in [2.05, 4.69) is 36.6 Å². The van der Waals surface area contributed by atoms with Crippen molar-refractivity contribution in [3.05, 3.63) is 70.1 Å². The summed E-state index contributed by atoms with van der Waals surface area (Å²) in [6.07, 6.45) is 3.11. The molecule has 2 amide bonds. The number of rotatable bonds is 4. The lowest BCUT2D eigenvalue weighted by Crippen LogP contribution is -2.15. The van der Waals surface area contributed by atoms with Crippen molar-refractivity contribution < 1.29 is 9.59 Å². The van der Waals surface area contributed by atoms with Crippen LogP contribution in [0.5, 0.6) is 0 Å². The van der Waals surface area contributed by atoms with Gasteiger partial charge in [-0.3, -0.25) is 14.3 Å². The normalized spacial score (nSPS) is 10.4. The Hall–Kier alpha value is -3.00. The fourth-order valence-corrected chi connectivity index (χ4v) is 2.53. The van der Waals surface area contributed by atoms with Crippen LogP contribution in [0.15, 0.2) is 53.3 Å². The molecule has 0 atom stereocenters. The van der Waals surface area contributed by atoms with E-state index in [0.29, 0.717) is 22.6 Å². The number of aromatic nitrogens is 3. The summed E-state index contributed by atoms with van der Waals surface area (Å²) in [6.45, 7) is 1.82. The minimum Gasteiger partial charge on any atom is -0.322 e. The summed E-state index contributed by atoms with van der Waals surface area (Å²) < 4.78 is 2.45. The molecule has 0 aliphatic rings. The Morgan fingerprint density at radius 2 is 1.88 bits per heavy atom. The van der Waals surface area contributed by atoms with E-state index in [0.717, 1.165) is 10.2 Å². The molecule has 0 spiro atoms. The molecular formula is C18H16BrN5O2. The monoisotopic (exact) mass is 413 g/mol. The highest BCUT2D eigenvalue weighted by Gasteiger charge is 2.14. The van der Waals surface area contributed by atoms with Gasteiger partial charge in [0.1, 0.15) is 5.82 Å². The van der Waals surface area contributed by atoms with E-state index < -0.39 is 0 Å². The van der Waals surface area contributed by atoms with Gasteiger partial charge in [-0.25, -0.2) is 4.98 Å². The number of hydrogen-bond donors (Lipinski definition) is 2. The molecular weight excluding hydrogens is 398 g/mol. The average Bonchev–Trinajstić information content (AvgIpc) is 2.96. The number of aryl methyl sites for hydroxylation is 1. The van der Waals surface area contributed by atoms with Crippen molar-refractivity contribution in [2.24, 2.45) is 7.05 Å². The van der Waals surface area contributed by atoms with Crippen molar-refractivity contribution in [2.45, 2.75) is 6.92 Å². The molecule has 132 valence electrons. The Bertz CT molecular complexity index is 966. The zero-order valence-electron chi connectivity index (χ0n) is 14.2.